The maximum absolute atomic E-state index is 12.7. The number of rotatable bonds is 4. The normalized spacial score (nSPS) is 11.7. The van der Waals surface area contributed by atoms with E-state index in [1.54, 1.807) is 0 Å². The van der Waals surface area contributed by atoms with Crippen molar-refractivity contribution in [3.05, 3.63) is 55.9 Å². The number of benzene rings is 1. The highest BCUT2D eigenvalue weighted by Gasteiger charge is 2.32. The van der Waals surface area contributed by atoms with Crippen molar-refractivity contribution >= 4 is 46.4 Å². The fourth-order valence-corrected chi connectivity index (χ4v) is 3.13. The zero-order valence-electron chi connectivity index (χ0n) is 12.8. The summed E-state index contributed by atoms with van der Waals surface area (Å²) in [6, 6.07) is 3.60. The second kappa shape index (κ2) is 7.71. The molecule has 2 heterocycles. The fourth-order valence-electron chi connectivity index (χ4n) is 1.96. The molecule has 0 radical (unpaired) electrons. The van der Waals surface area contributed by atoms with Gasteiger partial charge in [0, 0.05) is 11.2 Å². The van der Waals surface area contributed by atoms with Crippen LogP contribution in [0.25, 0.3) is 11.6 Å². The maximum Gasteiger partial charge on any atom is 0.417 e. The van der Waals surface area contributed by atoms with E-state index in [0.717, 1.165) is 6.07 Å². The third-order valence-corrected chi connectivity index (χ3v) is 4.21. The van der Waals surface area contributed by atoms with Gasteiger partial charge in [0.15, 0.2) is 12.4 Å². The van der Waals surface area contributed by atoms with Crippen LogP contribution in [-0.4, -0.2) is 15.2 Å². The van der Waals surface area contributed by atoms with Crippen molar-refractivity contribution in [1.29, 1.82) is 0 Å². The van der Waals surface area contributed by atoms with Gasteiger partial charge in [-0.05, 0) is 18.2 Å². The molecule has 0 spiro atoms. The Morgan fingerprint density at radius 3 is 2.22 bits per heavy atom. The molecule has 1 aromatic carbocycles. The van der Waals surface area contributed by atoms with E-state index in [1.807, 2.05) is 0 Å². The molecule has 0 aliphatic rings. The molecule has 5 nitrogen and oxygen atoms in total. The van der Waals surface area contributed by atoms with Crippen molar-refractivity contribution in [3.8, 4) is 17.3 Å². The highest BCUT2D eigenvalue weighted by atomic mass is 35.5. The van der Waals surface area contributed by atoms with Gasteiger partial charge in [0.05, 0.1) is 20.6 Å². The highest BCUT2D eigenvalue weighted by Crippen LogP contribution is 2.37. The van der Waals surface area contributed by atoms with Crippen LogP contribution in [0.2, 0.25) is 20.1 Å². The SMILES string of the molecule is FC(F)(F)c1cnc(-c2nnc(COc3c(Cl)cc(Cl)cc3Cl)o2)c(Cl)c1. The van der Waals surface area contributed by atoms with Gasteiger partial charge in [-0.1, -0.05) is 46.4 Å². The molecule has 2 aromatic heterocycles. The van der Waals surface area contributed by atoms with E-state index in [0.29, 0.717) is 11.2 Å². The molecule has 0 amide bonds. The van der Waals surface area contributed by atoms with Crippen molar-refractivity contribution < 1.29 is 22.3 Å². The Hall–Kier alpha value is -1.74. The second-order valence-electron chi connectivity index (χ2n) is 5.04. The molecule has 0 aliphatic carbocycles. The predicted molar refractivity (Wildman–Crippen MR) is 93.3 cm³/mol. The van der Waals surface area contributed by atoms with E-state index >= 15 is 0 Å². The molecular formula is C15H6Cl4F3N3O2. The van der Waals surface area contributed by atoms with Gasteiger partial charge in [-0.25, -0.2) is 4.98 Å². The molecule has 0 fully saturated rings. The zero-order chi connectivity index (χ0) is 19.8. The second-order valence-corrected chi connectivity index (χ2v) is 6.70. The Kier molecular flexibility index (Phi) is 5.71. The quantitative estimate of drug-likeness (QED) is 0.456. The molecule has 3 aromatic rings. The number of aromatic nitrogens is 3. The molecule has 0 saturated heterocycles. The number of nitrogens with zero attached hydrogens (tertiary/aromatic N) is 3. The van der Waals surface area contributed by atoms with E-state index in [9.17, 15) is 13.2 Å². The van der Waals surface area contributed by atoms with Crippen LogP contribution >= 0.6 is 46.4 Å². The lowest BCUT2D eigenvalue weighted by Crippen LogP contribution is -2.05. The van der Waals surface area contributed by atoms with E-state index in [4.69, 9.17) is 55.6 Å². The average Bonchev–Trinajstić information content (AvgIpc) is 3.01. The topological polar surface area (TPSA) is 61.0 Å². The fraction of sp³-hybridized carbons (Fsp3) is 0.133. The van der Waals surface area contributed by atoms with Crippen molar-refractivity contribution in [2.45, 2.75) is 12.8 Å². The van der Waals surface area contributed by atoms with Crippen LogP contribution in [0.4, 0.5) is 13.2 Å². The lowest BCUT2D eigenvalue weighted by atomic mass is 10.2. The molecule has 3 rings (SSSR count). The number of hydrogen-bond donors (Lipinski definition) is 0. The Bertz CT molecular complexity index is 972. The molecule has 27 heavy (non-hydrogen) atoms. The number of hydrogen-bond acceptors (Lipinski definition) is 5. The minimum atomic E-state index is -4.57. The molecule has 0 bridgehead atoms. The minimum absolute atomic E-state index is 0.00449. The molecule has 0 aliphatic heterocycles. The summed E-state index contributed by atoms with van der Waals surface area (Å²) in [5.41, 5.74) is -1.09. The monoisotopic (exact) mass is 457 g/mol. The van der Waals surface area contributed by atoms with Crippen molar-refractivity contribution in [1.82, 2.24) is 15.2 Å². The highest BCUT2D eigenvalue weighted by molar-refractivity contribution is 6.40. The minimum Gasteiger partial charge on any atom is -0.481 e. The van der Waals surface area contributed by atoms with E-state index in [-0.39, 0.29) is 44.9 Å². The summed E-state index contributed by atoms with van der Waals surface area (Å²) in [4.78, 5) is 3.64. The van der Waals surface area contributed by atoms with Crippen molar-refractivity contribution in [3.63, 3.8) is 0 Å². The van der Waals surface area contributed by atoms with Crippen molar-refractivity contribution in [2.24, 2.45) is 0 Å². The summed E-state index contributed by atoms with van der Waals surface area (Å²) >= 11 is 23.6. The van der Waals surface area contributed by atoms with Gasteiger partial charge in [-0.2, -0.15) is 13.2 Å². The molecular weight excluding hydrogens is 453 g/mol. The van der Waals surface area contributed by atoms with Crippen LogP contribution in [0.5, 0.6) is 5.75 Å². The average molecular weight is 459 g/mol. The summed E-state index contributed by atoms with van der Waals surface area (Å²) in [7, 11) is 0. The Morgan fingerprint density at radius 2 is 1.63 bits per heavy atom. The lowest BCUT2D eigenvalue weighted by Gasteiger charge is -2.08. The summed E-state index contributed by atoms with van der Waals surface area (Å²) in [6.07, 6.45) is -3.95. The predicted octanol–water partition coefficient (Wildman–Crippen LogP) is 6.34. The van der Waals surface area contributed by atoms with Crippen LogP contribution < -0.4 is 4.74 Å². The third-order valence-electron chi connectivity index (χ3n) is 3.14. The van der Waals surface area contributed by atoms with Gasteiger partial charge in [-0.15, -0.1) is 10.2 Å². The number of alkyl halides is 3. The van der Waals surface area contributed by atoms with Crippen LogP contribution in [0, 0.1) is 0 Å². The third kappa shape index (κ3) is 4.57. The number of halogens is 7. The van der Waals surface area contributed by atoms with Gasteiger partial charge in [-0.3, -0.25) is 0 Å². The molecule has 142 valence electrons. The molecule has 0 saturated carbocycles. The molecule has 0 N–H and O–H groups in total. The van der Waals surface area contributed by atoms with Gasteiger partial charge in [0.1, 0.15) is 5.69 Å². The first kappa shape index (κ1) is 20.0. The summed E-state index contributed by atoms with van der Waals surface area (Å²) in [5.74, 6) is -0.00126. The smallest absolute Gasteiger partial charge is 0.417 e. The van der Waals surface area contributed by atoms with Crippen LogP contribution in [0.3, 0.4) is 0 Å². The standard InChI is InChI=1S/C15H6Cl4F3N3O2/c16-7-2-9(18)13(10(19)3-7)26-5-11-24-25-14(27-11)12-8(17)1-6(4-23-12)15(20,21)22/h1-4H,5H2. The van der Waals surface area contributed by atoms with Crippen molar-refractivity contribution in [2.75, 3.05) is 0 Å². The summed E-state index contributed by atoms with van der Waals surface area (Å²) in [5, 5.41) is 7.83. The van der Waals surface area contributed by atoms with E-state index in [1.165, 1.54) is 12.1 Å². The first-order valence-corrected chi connectivity index (χ1v) is 8.49. The molecule has 0 unspecified atom stereocenters. The lowest BCUT2D eigenvalue weighted by molar-refractivity contribution is -0.137. The number of pyridine rings is 1. The maximum atomic E-state index is 12.7. The van der Waals surface area contributed by atoms with Gasteiger partial charge < -0.3 is 9.15 Å². The van der Waals surface area contributed by atoms with Gasteiger partial charge in [0.2, 0.25) is 0 Å². The molecule has 0 atom stereocenters. The first-order chi connectivity index (χ1) is 12.6. The first-order valence-electron chi connectivity index (χ1n) is 6.98. The Morgan fingerprint density at radius 1 is 0.963 bits per heavy atom. The number of ether oxygens (including phenoxy) is 1. The Labute approximate surface area is 170 Å². The van der Waals surface area contributed by atoms with Crippen LogP contribution in [-0.2, 0) is 12.8 Å². The van der Waals surface area contributed by atoms with Gasteiger partial charge >= 0.3 is 6.18 Å². The van der Waals surface area contributed by atoms with Gasteiger partial charge in [0.25, 0.3) is 11.8 Å². The summed E-state index contributed by atoms with van der Waals surface area (Å²) in [6.45, 7) is -0.202. The summed E-state index contributed by atoms with van der Waals surface area (Å²) < 4.78 is 48.7. The van der Waals surface area contributed by atoms with Crippen LogP contribution in [0.15, 0.2) is 28.8 Å². The molecule has 12 heteroatoms. The Balaban J connectivity index is 1.78. The van der Waals surface area contributed by atoms with Crippen LogP contribution in [0.1, 0.15) is 11.5 Å². The van der Waals surface area contributed by atoms with E-state index < -0.39 is 11.7 Å². The zero-order valence-corrected chi connectivity index (χ0v) is 15.8. The van der Waals surface area contributed by atoms with E-state index in [2.05, 4.69) is 15.2 Å². The largest absolute Gasteiger partial charge is 0.481 e.